The summed E-state index contributed by atoms with van der Waals surface area (Å²) in [7, 11) is 0. The second kappa shape index (κ2) is 4.07. The molecule has 1 aromatic rings. The lowest BCUT2D eigenvalue weighted by molar-refractivity contribution is 0.126. The van der Waals surface area contributed by atoms with E-state index in [4.69, 9.17) is 11.6 Å². The van der Waals surface area contributed by atoms with Gasteiger partial charge in [-0.2, -0.15) is 0 Å². The summed E-state index contributed by atoms with van der Waals surface area (Å²) in [6.45, 7) is 3.71. The summed E-state index contributed by atoms with van der Waals surface area (Å²) >= 11 is 5.70. The van der Waals surface area contributed by atoms with Gasteiger partial charge in [0.05, 0.1) is 11.1 Å². The van der Waals surface area contributed by atoms with Crippen LogP contribution in [0.2, 0.25) is 5.02 Å². The van der Waals surface area contributed by atoms with Crippen molar-refractivity contribution in [2.24, 2.45) is 5.92 Å². The first kappa shape index (κ1) is 10.5. The van der Waals surface area contributed by atoms with Gasteiger partial charge in [0.15, 0.2) is 0 Å². The first-order valence-electron chi connectivity index (χ1n) is 4.16. The Kier molecular flexibility index (Phi) is 3.28. The average molecular weight is 203 g/mol. The van der Waals surface area contributed by atoms with E-state index in [1.807, 2.05) is 13.8 Å². The Hall–Kier alpha value is -0.600. The summed E-state index contributed by atoms with van der Waals surface area (Å²) in [6.07, 6.45) is -0.705. The molecule has 13 heavy (non-hydrogen) atoms. The second-order valence-electron chi connectivity index (χ2n) is 3.33. The van der Waals surface area contributed by atoms with E-state index in [9.17, 15) is 9.50 Å². The van der Waals surface area contributed by atoms with Gasteiger partial charge in [-0.25, -0.2) is 4.39 Å². The summed E-state index contributed by atoms with van der Waals surface area (Å²) in [5.41, 5.74) is 0.455. The molecule has 0 aliphatic rings. The Morgan fingerprint density at radius 1 is 1.38 bits per heavy atom. The van der Waals surface area contributed by atoms with Crippen LogP contribution < -0.4 is 0 Å². The van der Waals surface area contributed by atoms with Crippen molar-refractivity contribution in [3.63, 3.8) is 0 Å². The van der Waals surface area contributed by atoms with Crippen LogP contribution in [0.3, 0.4) is 0 Å². The summed E-state index contributed by atoms with van der Waals surface area (Å²) in [5, 5.41) is 9.67. The average Bonchev–Trinajstić information content (AvgIpc) is 2.08. The highest BCUT2D eigenvalue weighted by molar-refractivity contribution is 6.31. The fourth-order valence-corrected chi connectivity index (χ4v) is 1.35. The Morgan fingerprint density at radius 2 is 2.00 bits per heavy atom. The van der Waals surface area contributed by atoms with E-state index in [0.717, 1.165) is 0 Å². The maximum Gasteiger partial charge on any atom is 0.142 e. The van der Waals surface area contributed by atoms with Gasteiger partial charge in [-0.05, 0) is 12.0 Å². The number of aliphatic hydroxyl groups excluding tert-OH is 1. The molecule has 0 aliphatic carbocycles. The van der Waals surface area contributed by atoms with Crippen LogP contribution in [0.1, 0.15) is 25.5 Å². The van der Waals surface area contributed by atoms with E-state index >= 15 is 0 Å². The molecule has 0 bridgehead atoms. The van der Waals surface area contributed by atoms with Crippen LogP contribution in [-0.4, -0.2) is 5.11 Å². The van der Waals surface area contributed by atoms with Crippen molar-refractivity contribution in [1.82, 2.24) is 0 Å². The number of hydrogen-bond acceptors (Lipinski definition) is 1. The normalized spacial score (nSPS) is 13.4. The molecule has 1 unspecified atom stereocenters. The molecule has 0 saturated heterocycles. The number of halogens is 2. The maximum atomic E-state index is 13.0. The molecule has 0 radical (unpaired) electrons. The molecule has 1 rings (SSSR count). The number of benzene rings is 1. The first-order valence-corrected chi connectivity index (χ1v) is 4.53. The van der Waals surface area contributed by atoms with Crippen LogP contribution in [0, 0.1) is 11.7 Å². The number of hydrogen-bond donors (Lipinski definition) is 1. The summed E-state index contributed by atoms with van der Waals surface area (Å²) in [6, 6.07) is 4.46. The Morgan fingerprint density at radius 3 is 2.54 bits per heavy atom. The van der Waals surface area contributed by atoms with Crippen molar-refractivity contribution in [2.45, 2.75) is 20.0 Å². The highest BCUT2D eigenvalue weighted by Crippen LogP contribution is 2.29. The van der Waals surface area contributed by atoms with Gasteiger partial charge in [0.1, 0.15) is 5.82 Å². The lowest BCUT2D eigenvalue weighted by Gasteiger charge is -2.16. The molecule has 0 amide bonds. The third-order valence-electron chi connectivity index (χ3n) is 1.93. The third-order valence-corrected chi connectivity index (χ3v) is 2.33. The van der Waals surface area contributed by atoms with Gasteiger partial charge in [-0.3, -0.25) is 0 Å². The molecule has 0 heterocycles. The van der Waals surface area contributed by atoms with Crippen LogP contribution in [0.4, 0.5) is 4.39 Å². The molecule has 0 saturated carbocycles. The summed E-state index contributed by atoms with van der Waals surface area (Å²) in [5.74, 6) is -0.460. The molecule has 72 valence electrons. The van der Waals surface area contributed by atoms with Gasteiger partial charge >= 0.3 is 0 Å². The molecular formula is C10H12ClFO. The maximum absolute atomic E-state index is 13.0. The standard InChI is InChI=1S/C10H12ClFO/c1-6(2)10(13)7-4-3-5-8(12)9(7)11/h3-6,10,13H,1-2H3. The van der Waals surface area contributed by atoms with Crippen molar-refractivity contribution in [3.05, 3.63) is 34.6 Å². The molecule has 1 N–H and O–H groups in total. The highest BCUT2D eigenvalue weighted by atomic mass is 35.5. The van der Waals surface area contributed by atoms with E-state index in [1.54, 1.807) is 12.1 Å². The van der Waals surface area contributed by atoms with E-state index in [0.29, 0.717) is 5.56 Å². The molecule has 0 aliphatic heterocycles. The van der Waals surface area contributed by atoms with E-state index in [1.165, 1.54) is 6.07 Å². The molecule has 1 aromatic carbocycles. The molecule has 0 aromatic heterocycles. The van der Waals surface area contributed by atoms with Gasteiger partial charge < -0.3 is 5.11 Å². The molecule has 0 fully saturated rings. The van der Waals surface area contributed by atoms with Crippen molar-refractivity contribution < 1.29 is 9.50 Å². The third kappa shape index (κ3) is 2.20. The lowest BCUT2D eigenvalue weighted by Crippen LogP contribution is -2.06. The zero-order valence-corrected chi connectivity index (χ0v) is 8.35. The van der Waals surface area contributed by atoms with Crippen LogP contribution >= 0.6 is 11.6 Å². The highest BCUT2D eigenvalue weighted by Gasteiger charge is 2.16. The minimum absolute atomic E-state index is 0.0173. The smallest absolute Gasteiger partial charge is 0.142 e. The Bertz CT molecular complexity index is 299. The fourth-order valence-electron chi connectivity index (χ4n) is 1.11. The van der Waals surface area contributed by atoms with E-state index in [2.05, 4.69) is 0 Å². The van der Waals surface area contributed by atoms with E-state index in [-0.39, 0.29) is 10.9 Å². The Labute approximate surface area is 82.2 Å². The largest absolute Gasteiger partial charge is 0.388 e. The zero-order chi connectivity index (χ0) is 10.0. The van der Waals surface area contributed by atoms with Crippen LogP contribution in [0.25, 0.3) is 0 Å². The molecule has 0 spiro atoms. The number of aliphatic hydroxyl groups is 1. The van der Waals surface area contributed by atoms with Crippen LogP contribution in [-0.2, 0) is 0 Å². The van der Waals surface area contributed by atoms with E-state index < -0.39 is 11.9 Å². The summed E-state index contributed by atoms with van der Waals surface area (Å²) in [4.78, 5) is 0. The molecule has 1 atom stereocenters. The second-order valence-corrected chi connectivity index (χ2v) is 3.71. The van der Waals surface area contributed by atoms with Gasteiger partial charge in [-0.1, -0.05) is 37.6 Å². The SMILES string of the molecule is CC(C)C(O)c1cccc(F)c1Cl. The lowest BCUT2D eigenvalue weighted by atomic mass is 9.99. The quantitative estimate of drug-likeness (QED) is 0.781. The summed E-state index contributed by atoms with van der Waals surface area (Å²) < 4.78 is 13.0. The van der Waals surface area contributed by atoms with Crippen LogP contribution in [0.15, 0.2) is 18.2 Å². The molecule has 1 nitrogen and oxygen atoms in total. The van der Waals surface area contributed by atoms with Crippen molar-refractivity contribution in [1.29, 1.82) is 0 Å². The monoisotopic (exact) mass is 202 g/mol. The molecular weight excluding hydrogens is 191 g/mol. The molecule has 3 heteroatoms. The van der Waals surface area contributed by atoms with Gasteiger partial charge in [-0.15, -0.1) is 0 Å². The predicted molar refractivity (Wildman–Crippen MR) is 51.2 cm³/mol. The minimum atomic E-state index is -0.705. The topological polar surface area (TPSA) is 20.2 Å². The van der Waals surface area contributed by atoms with Gasteiger partial charge in [0, 0.05) is 5.56 Å². The first-order chi connectivity index (χ1) is 6.04. The van der Waals surface area contributed by atoms with Crippen molar-refractivity contribution in [3.8, 4) is 0 Å². The van der Waals surface area contributed by atoms with Crippen LogP contribution in [0.5, 0.6) is 0 Å². The van der Waals surface area contributed by atoms with Crippen molar-refractivity contribution in [2.75, 3.05) is 0 Å². The van der Waals surface area contributed by atoms with Crippen molar-refractivity contribution >= 4 is 11.6 Å². The fraction of sp³-hybridized carbons (Fsp3) is 0.400. The number of rotatable bonds is 2. The van der Waals surface area contributed by atoms with Gasteiger partial charge in [0.2, 0.25) is 0 Å². The zero-order valence-electron chi connectivity index (χ0n) is 7.59. The Balaban J connectivity index is 3.07. The predicted octanol–water partition coefficient (Wildman–Crippen LogP) is 3.17. The van der Waals surface area contributed by atoms with Gasteiger partial charge in [0.25, 0.3) is 0 Å². The minimum Gasteiger partial charge on any atom is -0.388 e.